The summed E-state index contributed by atoms with van der Waals surface area (Å²) in [6, 6.07) is 4.05. The Labute approximate surface area is 119 Å². The number of nitrogens with one attached hydrogen (secondary N) is 1. The summed E-state index contributed by atoms with van der Waals surface area (Å²) >= 11 is 0. The van der Waals surface area contributed by atoms with Crippen molar-refractivity contribution in [1.29, 1.82) is 0 Å². The number of rotatable bonds is 4. The van der Waals surface area contributed by atoms with Crippen molar-refractivity contribution in [1.82, 2.24) is 14.6 Å². The maximum atomic E-state index is 5.53. The van der Waals surface area contributed by atoms with E-state index in [0.29, 0.717) is 11.8 Å². The fourth-order valence-electron chi connectivity index (χ4n) is 2.57. The summed E-state index contributed by atoms with van der Waals surface area (Å²) in [5, 5.41) is 7.86. The molecule has 0 spiro atoms. The van der Waals surface area contributed by atoms with Gasteiger partial charge < -0.3 is 10.1 Å². The molecule has 108 valence electrons. The van der Waals surface area contributed by atoms with Crippen molar-refractivity contribution < 1.29 is 4.74 Å². The van der Waals surface area contributed by atoms with Gasteiger partial charge in [-0.1, -0.05) is 13.8 Å². The van der Waals surface area contributed by atoms with E-state index < -0.39 is 0 Å². The first-order chi connectivity index (χ1) is 9.74. The third-order valence-corrected chi connectivity index (χ3v) is 3.80. The molecule has 20 heavy (non-hydrogen) atoms. The van der Waals surface area contributed by atoms with Crippen molar-refractivity contribution in [2.45, 2.75) is 32.6 Å². The lowest BCUT2D eigenvalue weighted by Gasteiger charge is -2.23. The molecule has 0 bridgehead atoms. The molecule has 5 nitrogen and oxygen atoms in total. The van der Waals surface area contributed by atoms with E-state index in [9.17, 15) is 0 Å². The van der Waals surface area contributed by atoms with Gasteiger partial charge in [-0.05, 0) is 24.7 Å². The van der Waals surface area contributed by atoms with Gasteiger partial charge in [-0.25, -0.2) is 4.98 Å². The molecule has 5 heteroatoms. The molecule has 2 aromatic rings. The first-order valence-corrected chi connectivity index (χ1v) is 7.40. The van der Waals surface area contributed by atoms with Crippen molar-refractivity contribution in [3.05, 3.63) is 24.0 Å². The molecule has 1 unspecified atom stereocenters. The first kappa shape index (κ1) is 13.4. The molecule has 0 saturated carbocycles. The number of hydrogen-bond donors (Lipinski definition) is 1. The van der Waals surface area contributed by atoms with Crippen LogP contribution in [0.4, 0.5) is 5.82 Å². The summed E-state index contributed by atoms with van der Waals surface area (Å²) in [7, 11) is 0. The second-order valence-corrected chi connectivity index (χ2v) is 5.79. The second kappa shape index (κ2) is 5.79. The van der Waals surface area contributed by atoms with Crippen molar-refractivity contribution in [3.63, 3.8) is 0 Å². The lowest BCUT2D eigenvalue weighted by Crippen LogP contribution is -2.25. The van der Waals surface area contributed by atoms with Crippen LogP contribution in [0.2, 0.25) is 0 Å². The number of anilines is 1. The SMILES string of the molecule is CC(C)c1cc(NCC2CCCOC2)n2nccc2n1. The summed E-state index contributed by atoms with van der Waals surface area (Å²) in [5.74, 6) is 2.02. The lowest BCUT2D eigenvalue weighted by molar-refractivity contribution is 0.0594. The quantitative estimate of drug-likeness (QED) is 0.931. The van der Waals surface area contributed by atoms with E-state index in [1.165, 1.54) is 6.42 Å². The monoisotopic (exact) mass is 274 g/mol. The number of aromatic nitrogens is 3. The largest absolute Gasteiger partial charge is 0.381 e. The molecule has 3 heterocycles. The van der Waals surface area contributed by atoms with Gasteiger partial charge in [-0.3, -0.25) is 0 Å². The highest BCUT2D eigenvalue weighted by atomic mass is 16.5. The predicted octanol–water partition coefficient (Wildman–Crippen LogP) is 2.69. The fourth-order valence-corrected chi connectivity index (χ4v) is 2.57. The normalized spacial score (nSPS) is 19.6. The third-order valence-electron chi connectivity index (χ3n) is 3.80. The fraction of sp³-hybridized carbons (Fsp3) is 0.600. The Bertz CT molecular complexity index is 572. The summed E-state index contributed by atoms with van der Waals surface area (Å²) in [5.41, 5.74) is 2.00. The van der Waals surface area contributed by atoms with E-state index >= 15 is 0 Å². The molecular weight excluding hydrogens is 252 g/mol. The van der Waals surface area contributed by atoms with Crippen LogP contribution in [0, 0.1) is 5.92 Å². The molecular formula is C15H22N4O. The Morgan fingerprint density at radius 3 is 3.15 bits per heavy atom. The Morgan fingerprint density at radius 1 is 1.50 bits per heavy atom. The number of fused-ring (bicyclic) bond motifs is 1. The topological polar surface area (TPSA) is 51.5 Å². The van der Waals surface area contributed by atoms with Gasteiger partial charge >= 0.3 is 0 Å². The zero-order chi connectivity index (χ0) is 13.9. The van der Waals surface area contributed by atoms with Gasteiger partial charge in [0.2, 0.25) is 0 Å². The van der Waals surface area contributed by atoms with Crippen molar-refractivity contribution in [3.8, 4) is 0 Å². The Hall–Kier alpha value is -1.62. The van der Waals surface area contributed by atoms with Crippen molar-refractivity contribution in [2.75, 3.05) is 25.1 Å². The van der Waals surface area contributed by atoms with Gasteiger partial charge in [0.1, 0.15) is 5.82 Å². The highest BCUT2D eigenvalue weighted by molar-refractivity contribution is 5.49. The summed E-state index contributed by atoms with van der Waals surface area (Å²) in [6.45, 7) is 7.02. The van der Waals surface area contributed by atoms with Crippen LogP contribution in [-0.4, -0.2) is 34.4 Å². The second-order valence-electron chi connectivity index (χ2n) is 5.79. The molecule has 2 aromatic heterocycles. The average Bonchev–Trinajstić information content (AvgIpc) is 2.94. The number of nitrogens with zero attached hydrogens (tertiary/aromatic N) is 3. The molecule has 0 radical (unpaired) electrons. The molecule has 1 fully saturated rings. The number of hydrogen-bond acceptors (Lipinski definition) is 4. The standard InChI is InChI=1S/C15H22N4O/c1-11(2)13-8-15(19-14(18-13)5-6-17-19)16-9-12-4-3-7-20-10-12/h5-6,8,11-12,16H,3-4,7,9-10H2,1-2H3. The van der Waals surface area contributed by atoms with Crippen LogP contribution in [0.5, 0.6) is 0 Å². The average molecular weight is 274 g/mol. The van der Waals surface area contributed by atoms with Crippen LogP contribution in [0.25, 0.3) is 5.65 Å². The summed E-state index contributed by atoms with van der Waals surface area (Å²) < 4.78 is 7.40. The highest BCUT2D eigenvalue weighted by Gasteiger charge is 2.15. The van der Waals surface area contributed by atoms with E-state index in [0.717, 1.165) is 43.3 Å². The van der Waals surface area contributed by atoms with E-state index in [1.54, 1.807) is 6.20 Å². The molecule has 1 saturated heterocycles. The van der Waals surface area contributed by atoms with Crippen molar-refractivity contribution >= 4 is 11.5 Å². The molecule has 0 aliphatic carbocycles. The van der Waals surface area contributed by atoms with E-state index in [1.807, 2.05) is 10.6 Å². The minimum atomic E-state index is 0.411. The van der Waals surface area contributed by atoms with Crippen LogP contribution in [-0.2, 0) is 4.74 Å². The Kier molecular flexibility index (Phi) is 3.87. The highest BCUT2D eigenvalue weighted by Crippen LogP contribution is 2.20. The van der Waals surface area contributed by atoms with Gasteiger partial charge in [-0.2, -0.15) is 9.61 Å². The minimum Gasteiger partial charge on any atom is -0.381 e. The maximum Gasteiger partial charge on any atom is 0.157 e. The van der Waals surface area contributed by atoms with E-state index in [-0.39, 0.29) is 0 Å². The lowest BCUT2D eigenvalue weighted by atomic mass is 10.0. The predicted molar refractivity (Wildman–Crippen MR) is 79.1 cm³/mol. The Morgan fingerprint density at radius 2 is 2.40 bits per heavy atom. The maximum absolute atomic E-state index is 5.53. The molecule has 3 rings (SSSR count). The van der Waals surface area contributed by atoms with Crippen molar-refractivity contribution in [2.24, 2.45) is 5.92 Å². The van der Waals surface area contributed by atoms with E-state index in [4.69, 9.17) is 4.74 Å². The zero-order valence-electron chi connectivity index (χ0n) is 12.2. The molecule has 0 amide bonds. The van der Waals surface area contributed by atoms with Gasteiger partial charge in [0, 0.05) is 31.0 Å². The molecule has 1 atom stereocenters. The van der Waals surface area contributed by atoms with Crippen LogP contribution < -0.4 is 5.32 Å². The molecule has 1 aliphatic rings. The van der Waals surface area contributed by atoms with Gasteiger partial charge in [0.15, 0.2) is 5.65 Å². The van der Waals surface area contributed by atoms with Gasteiger partial charge in [0.25, 0.3) is 0 Å². The molecule has 1 aliphatic heterocycles. The van der Waals surface area contributed by atoms with Crippen LogP contribution >= 0.6 is 0 Å². The number of ether oxygens (including phenoxy) is 1. The molecule has 0 aromatic carbocycles. The third kappa shape index (κ3) is 2.77. The zero-order valence-corrected chi connectivity index (χ0v) is 12.2. The van der Waals surface area contributed by atoms with E-state index in [2.05, 4.69) is 35.3 Å². The summed E-state index contributed by atoms with van der Waals surface area (Å²) in [4.78, 5) is 4.63. The Balaban J connectivity index is 1.80. The molecule has 1 N–H and O–H groups in total. The first-order valence-electron chi connectivity index (χ1n) is 7.40. The van der Waals surface area contributed by atoms with Gasteiger partial charge in [-0.15, -0.1) is 0 Å². The smallest absolute Gasteiger partial charge is 0.157 e. The van der Waals surface area contributed by atoms with Crippen LogP contribution in [0.15, 0.2) is 18.3 Å². The van der Waals surface area contributed by atoms with Crippen LogP contribution in [0.3, 0.4) is 0 Å². The summed E-state index contributed by atoms with van der Waals surface area (Å²) in [6.07, 6.45) is 4.19. The van der Waals surface area contributed by atoms with Gasteiger partial charge in [0.05, 0.1) is 12.8 Å². The minimum absolute atomic E-state index is 0.411. The van der Waals surface area contributed by atoms with Crippen LogP contribution in [0.1, 0.15) is 38.3 Å².